The molecule has 4 rings (SSSR count). The van der Waals surface area contributed by atoms with Crippen molar-refractivity contribution in [3.63, 3.8) is 0 Å². The maximum Gasteiger partial charge on any atom is 0.283 e. The Balaban J connectivity index is 1.56. The highest BCUT2D eigenvalue weighted by atomic mass is 32.2. The highest BCUT2D eigenvalue weighted by molar-refractivity contribution is 7.98. The smallest absolute Gasteiger partial charge is 0.283 e. The third-order valence-corrected chi connectivity index (χ3v) is 4.10. The molecule has 0 aliphatic rings. The van der Waals surface area contributed by atoms with E-state index in [2.05, 4.69) is 25.4 Å². The molecule has 4 heterocycles. The number of hydrogen-bond acceptors (Lipinski definition) is 8. The standard InChI is InChI=1S/C14H12N6O2S/c1-8-6-9(2)20-13(15-8)18-19-14(20)23-7-11-16-17-12(22-11)10-4-3-5-21-10/h3-6H,7H2,1-2H3. The predicted molar refractivity (Wildman–Crippen MR) is 81.8 cm³/mol. The molecule has 0 fully saturated rings. The maximum atomic E-state index is 5.58. The van der Waals surface area contributed by atoms with Crippen LogP contribution in [0.2, 0.25) is 0 Å². The Kier molecular flexibility index (Phi) is 3.34. The molecular weight excluding hydrogens is 316 g/mol. The maximum absolute atomic E-state index is 5.58. The van der Waals surface area contributed by atoms with Crippen LogP contribution in [0.25, 0.3) is 17.4 Å². The number of aromatic nitrogens is 6. The first kappa shape index (κ1) is 13.9. The van der Waals surface area contributed by atoms with Gasteiger partial charge >= 0.3 is 0 Å². The molecule has 23 heavy (non-hydrogen) atoms. The minimum Gasteiger partial charge on any atom is -0.459 e. The molecule has 0 spiro atoms. The van der Waals surface area contributed by atoms with Crippen molar-refractivity contribution in [3.05, 3.63) is 41.7 Å². The van der Waals surface area contributed by atoms with Crippen molar-refractivity contribution in [1.29, 1.82) is 0 Å². The van der Waals surface area contributed by atoms with Gasteiger partial charge in [-0.15, -0.1) is 20.4 Å². The van der Waals surface area contributed by atoms with Gasteiger partial charge in [0.05, 0.1) is 12.0 Å². The van der Waals surface area contributed by atoms with Gasteiger partial charge in [-0.05, 0) is 32.0 Å². The monoisotopic (exact) mass is 328 g/mol. The quantitative estimate of drug-likeness (QED) is 0.528. The highest BCUT2D eigenvalue weighted by Gasteiger charge is 2.14. The molecule has 0 unspecified atom stereocenters. The molecule has 0 atom stereocenters. The first-order valence-corrected chi connectivity index (χ1v) is 7.88. The first-order chi connectivity index (χ1) is 11.2. The molecule has 8 nitrogen and oxygen atoms in total. The molecule has 0 aromatic carbocycles. The van der Waals surface area contributed by atoms with E-state index in [4.69, 9.17) is 8.83 Å². The Morgan fingerprint density at radius 3 is 2.91 bits per heavy atom. The van der Waals surface area contributed by atoms with Gasteiger partial charge in [0.15, 0.2) is 10.9 Å². The summed E-state index contributed by atoms with van der Waals surface area (Å²) < 4.78 is 12.7. The molecular formula is C14H12N6O2S. The fraction of sp³-hybridized carbons (Fsp3) is 0.214. The summed E-state index contributed by atoms with van der Waals surface area (Å²) >= 11 is 1.46. The van der Waals surface area contributed by atoms with Crippen LogP contribution in [0.15, 0.2) is 38.5 Å². The van der Waals surface area contributed by atoms with Gasteiger partial charge in [0, 0.05) is 11.4 Å². The van der Waals surface area contributed by atoms with E-state index in [9.17, 15) is 0 Å². The third-order valence-electron chi connectivity index (χ3n) is 3.19. The summed E-state index contributed by atoms with van der Waals surface area (Å²) in [6, 6.07) is 5.53. The van der Waals surface area contributed by atoms with E-state index in [0.29, 0.717) is 29.1 Å². The van der Waals surface area contributed by atoms with E-state index < -0.39 is 0 Å². The topological polar surface area (TPSA) is 95.1 Å². The van der Waals surface area contributed by atoms with E-state index in [0.717, 1.165) is 16.5 Å². The summed E-state index contributed by atoms with van der Waals surface area (Å²) in [6.45, 7) is 3.93. The molecule has 0 radical (unpaired) electrons. The lowest BCUT2D eigenvalue weighted by molar-refractivity contribution is 0.494. The van der Waals surface area contributed by atoms with Crippen LogP contribution in [0, 0.1) is 13.8 Å². The number of rotatable bonds is 4. The van der Waals surface area contributed by atoms with Gasteiger partial charge in [-0.3, -0.25) is 4.40 Å². The van der Waals surface area contributed by atoms with Crippen molar-refractivity contribution in [3.8, 4) is 11.7 Å². The van der Waals surface area contributed by atoms with Crippen LogP contribution in [0.3, 0.4) is 0 Å². The summed E-state index contributed by atoms with van der Waals surface area (Å²) in [5.74, 6) is 2.49. The largest absolute Gasteiger partial charge is 0.459 e. The third kappa shape index (κ3) is 2.59. The van der Waals surface area contributed by atoms with Crippen LogP contribution < -0.4 is 0 Å². The van der Waals surface area contributed by atoms with Crippen LogP contribution in [-0.4, -0.2) is 29.8 Å². The molecule has 0 amide bonds. The van der Waals surface area contributed by atoms with E-state index >= 15 is 0 Å². The van der Waals surface area contributed by atoms with Crippen LogP contribution in [0.4, 0.5) is 0 Å². The number of aryl methyl sites for hydroxylation is 2. The molecule has 4 aromatic rings. The van der Waals surface area contributed by atoms with Crippen LogP contribution >= 0.6 is 11.8 Å². The summed E-state index contributed by atoms with van der Waals surface area (Å²) in [5.41, 5.74) is 1.95. The Morgan fingerprint density at radius 1 is 1.17 bits per heavy atom. The first-order valence-electron chi connectivity index (χ1n) is 6.89. The van der Waals surface area contributed by atoms with Crippen LogP contribution in [0.1, 0.15) is 17.3 Å². The van der Waals surface area contributed by atoms with Crippen molar-refractivity contribution >= 4 is 17.5 Å². The van der Waals surface area contributed by atoms with Gasteiger partial charge in [-0.2, -0.15) is 0 Å². The molecule has 9 heteroatoms. The molecule has 116 valence electrons. The average Bonchev–Trinajstić information content (AvgIpc) is 3.25. The summed E-state index contributed by atoms with van der Waals surface area (Å²) in [4.78, 5) is 4.36. The Bertz CT molecular complexity index is 959. The lowest BCUT2D eigenvalue weighted by Gasteiger charge is -2.02. The normalized spacial score (nSPS) is 11.4. The predicted octanol–water partition coefficient (Wildman–Crippen LogP) is 2.68. The van der Waals surface area contributed by atoms with Crippen molar-refractivity contribution in [1.82, 2.24) is 29.8 Å². The van der Waals surface area contributed by atoms with Crippen molar-refractivity contribution in [2.75, 3.05) is 0 Å². The number of hydrogen-bond donors (Lipinski definition) is 0. The van der Waals surface area contributed by atoms with Gasteiger partial charge in [-0.25, -0.2) is 4.98 Å². The van der Waals surface area contributed by atoms with Crippen LogP contribution in [-0.2, 0) is 5.75 Å². The minimum atomic E-state index is 0.366. The molecule has 0 N–H and O–H groups in total. The summed E-state index contributed by atoms with van der Waals surface area (Å²) in [7, 11) is 0. The molecule has 0 aliphatic heterocycles. The van der Waals surface area contributed by atoms with Gasteiger partial charge in [0.25, 0.3) is 11.7 Å². The lowest BCUT2D eigenvalue weighted by atomic mass is 10.3. The Labute approximate surface area is 135 Å². The molecule has 4 aromatic heterocycles. The SMILES string of the molecule is Cc1cc(C)n2c(SCc3nnc(-c4ccco4)o3)nnc2n1. The molecule has 0 bridgehead atoms. The van der Waals surface area contributed by atoms with Crippen molar-refractivity contribution in [2.24, 2.45) is 0 Å². The van der Waals surface area contributed by atoms with Gasteiger partial charge in [0.2, 0.25) is 5.89 Å². The van der Waals surface area contributed by atoms with Gasteiger partial charge < -0.3 is 8.83 Å². The number of nitrogens with zero attached hydrogens (tertiary/aromatic N) is 6. The van der Waals surface area contributed by atoms with E-state index in [1.807, 2.05) is 24.3 Å². The fourth-order valence-corrected chi connectivity index (χ4v) is 3.05. The van der Waals surface area contributed by atoms with Gasteiger partial charge in [-0.1, -0.05) is 11.8 Å². The van der Waals surface area contributed by atoms with E-state index in [1.54, 1.807) is 18.4 Å². The number of thioether (sulfide) groups is 1. The van der Waals surface area contributed by atoms with E-state index in [-0.39, 0.29) is 0 Å². The second-order valence-electron chi connectivity index (χ2n) is 4.92. The zero-order chi connectivity index (χ0) is 15.8. The fourth-order valence-electron chi connectivity index (χ4n) is 2.23. The lowest BCUT2D eigenvalue weighted by Crippen LogP contribution is -1.97. The van der Waals surface area contributed by atoms with Crippen molar-refractivity contribution in [2.45, 2.75) is 24.8 Å². The van der Waals surface area contributed by atoms with Crippen molar-refractivity contribution < 1.29 is 8.83 Å². The minimum absolute atomic E-state index is 0.366. The molecule has 0 saturated carbocycles. The molecule has 0 saturated heterocycles. The zero-order valence-electron chi connectivity index (χ0n) is 12.4. The number of fused-ring (bicyclic) bond motifs is 1. The van der Waals surface area contributed by atoms with Crippen LogP contribution in [0.5, 0.6) is 0 Å². The highest BCUT2D eigenvalue weighted by Crippen LogP contribution is 2.24. The Morgan fingerprint density at radius 2 is 2.09 bits per heavy atom. The summed E-state index contributed by atoms with van der Waals surface area (Å²) in [5, 5.41) is 17.0. The van der Waals surface area contributed by atoms with Gasteiger partial charge in [0.1, 0.15) is 0 Å². The second kappa shape index (κ2) is 5.51. The Hall–Kier alpha value is -2.68. The zero-order valence-corrected chi connectivity index (χ0v) is 13.2. The second-order valence-corrected chi connectivity index (χ2v) is 5.87. The summed E-state index contributed by atoms with van der Waals surface area (Å²) in [6.07, 6.45) is 1.56. The number of furan rings is 1. The molecule has 0 aliphatic carbocycles. The van der Waals surface area contributed by atoms with E-state index in [1.165, 1.54) is 11.8 Å². The average molecular weight is 328 g/mol.